The van der Waals surface area contributed by atoms with Crippen molar-refractivity contribution in [3.8, 4) is 0 Å². The lowest BCUT2D eigenvalue weighted by atomic mass is 10.2. The van der Waals surface area contributed by atoms with Crippen molar-refractivity contribution in [2.45, 2.75) is 31.8 Å². The van der Waals surface area contributed by atoms with Crippen molar-refractivity contribution in [2.75, 3.05) is 20.3 Å². The SMILES string of the molecule is CNC1COC(C)(C)OCC1O. The molecule has 0 amide bonds. The Balaban J connectivity index is 2.53. The lowest BCUT2D eigenvalue weighted by Crippen LogP contribution is -2.41. The molecule has 0 aromatic heterocycles. The van der Waals surface area contributed by atoms with E-state index in [-0.39, 0.29) is 6.04 Å². The van der Waals surface area contributed by atoms with Gasteiger partial charge in [0, 0.05) is 0 Å². The Labute approximate surface area is 72.9 Å². The molecule has 72 valence electrons. The summed E-state index contributed by atoms with van der Waals surface area (Å²) in [6.07, 6.45) is -0.489. The zero-order valence-corrected chi connectivity index (χ0v) is 7.83. The van der Waals surface area contributed by atoms with Crippen molar-refractivity contribution in [1.29, 1.82) is 0 Å². The zero-order chi connectivity index (χ0) is 9.19. The molecule has 12 heavy (non-hydrogen) atoms. The van der Waals surface area contributed by atoms with Crippen molar-refractivity contribution >= 4 is 0 Å². The molecule has 1 saturated heterocycles. The van der Waals surface area contributed by atoms with Crippen LogP contribution in [0.3, 0.4) is 0 Å². The second-order valence-corrected chi connectivity index (χ2v) is 3.48. The van der Waals surface area contributed by atoms with Crippen LogP contribution in [-0.2, 0) is 9.47 Å². The Morgan fingerprint density at radius 1 is 1.33 bits per heavy atom. The summed E-state index contributed by atoms with van der Waals surface area (Å²) in [5, 5.41) is 12.5. The fraction of sp³-hybridized carbons (Fsp3) is 1.00. The van der Waals surface area contributed by atoms with Gasteiger partial charge in [-0.15, -0.1) is 0 Å². The number of ether oxygens (including phenoxy) is 2. The summed E-state index contributed by atoms with van der Waals surface area (Å²) in [4.78, 5) is 0. The first-order valence-electron chi connectivity index (χ1n) is 4.18. The molecule has 2 N–H and O–H groups in total. The highest BCUT2D eigenvalue weighted by atomic mass is 16.7. The first-order valence-corrected chi connectivity index (χ1v) is 4.18. The van der Waals surface area contributed by atoms with Gasteiger partial charge < -0.3 is 19.9 Å². The summed E-state index contributed by atoms with van der Waals surface area (Å²) >= 11 is 0. The molecule has 2 unspecified atom stereocenters. The number of hydrogen-bond acceptors (Lipinski definition) is 4. The summed E-state index contributed by atoms with van der Waals surface area (Å²) in [6, 6.07) is -0.0354. The fourth-order valence-corrected chi connectivity index (χ4v) is 1.12. The van der Waals surface area contributed by atoms with E-state index >= 15 is 0 Å². The first kappa shape index (κ1) is 9.92. The van der Waals surface area contributed by atoms with Gasteiger partial charge in [-0.2, -0.15) is 0 Å². The van der Waals surface area contributed by atoms with E-state index in [9.17, 15) is 5.11 Å². The van der Waals surface area contributed by atoms with Gasteiger partial charge >= 0.3 is 0 Å². The lowest BCUT2D eigenvalue weighted by molar-refractivity contribution is -0.203. The number of aliphatic hydroxyl groups excluding tert-OH is 1. The Morgan fingerprint density at radius 3 is 2.50 bits per heavy atom. The average molecular weight is 175 g/mol. The van der Waals surface area contributed by atoms with Gasteiger partial charge in [0.1, 0.15) is 0 Å². The van der Waals surface area contributed by atoms with E-state index in [1.165, 1.54) is 0 Å². The fourth-order valence-electron chi connectivity index (χ4n) is 1.12. The van der Waals surface area contributed by atoms with Crippen LogP contribution in [-0.4, -0.2) is 43.3 Å². The Hall–Kier alpha value is -0.160. The normalized spacial score (nSPS) is 36.0. The topological polar surface area (TPSA) is 50.7 Å². The highest BCUT2D eigenvalue weighted by Crippen LogP contribution is 2.16. The molecule has 1 aliphatic heterocycles. The molecule has 1 aliphatic rings. The lowest BCUT2D eigenvalue weighted by Gasteiger charge is -2.22. The predicted molar refractivity (Wildman–Crippen MR) is 44.8 cm³/mol. The Morgan fingerprint density at radius 2 is 1.92 bits per heavy atom. The monoisotopic (exact) mass is 175 g/mol. The smallest absolute Gasteiger partial charge is 0.162 e. The summed E-state index contributed by atoms with van der Waals surface area (Å²) in [7, 11) is 1.80. The molecule has 4 nitrogen and oxygen atoms in total. The van der Waals surface area contributed by atoms with Gasteiger partial charge in [0.15, 0.2) is 5.79 Å². The molecule has 1 fully saturated rings. The minimum absolute atomic E-state index is 0.0354. The predicted octanol–water partition coefficient (Wildman–Crippen LogP) is -0.282. The van der Waals surface area contributed by atoms with Crippen LogP contribution >= 0.6 is 0 Å². The van der Waals surface area contributed by atoms with Crippen LogP contribution in [0.5, 0.6) is 0 Å². The van der Waals surface area contributed by atoms with Gasteiger partial charge in [-0.3, -0.25) is 0 Å². The van der Waals surface area contributed by atoms with Crippen molar-refractivity contribution in [3.05, 3.63) is 0 Å². The van der Waals surface area contributed by atoms with Crippen LogP contribution in [0, 0.1) is 0 Å². The van der Waals surface area contributed by atoms with E-state index in [0.29, 0.717) is 13.2 Å². The number of aliphatic hydroxyl groups is 1. The molecule has 0 aromatic rings. The van der Waals surface area contributed by atoms with Gasteiger partial charge in [0.25, 0.3) is 0 Å². The Bertz CT molecular complexity index is 149. The third-order valence-corrected chi connectivity index (χ3v) is 2.05. The molecular weight excluding hydrogens is 158 g/mol. The summed E-state index contributed by atoms with van der Waals surface area (Å²) in [5.41, 5.74) is 0. The molecule has 4 heteroatoms. The van der Waals surface area contributed by atoms with Crippen LogP contribution in [0.15, 0.2) is 0 Å². The maximum atomic E-state index is 9.51. The quantitative estimate of drug-likeness (QED) is 0.575. The van der Waals surface area contributed by atoms with Gasteiger partial charge in [-0.25, -0.2) is 0 Å². The summed E-state index contributed by atoms with van der Waals surface area (Å²) in [6.45, 7) is 4.48. The Kier molecular flexibility index (Phi) is 3.06. The van der Waals surface area contributed by atoms with Gasteiger partial charge in [-0.05, 0) is 20.9 Å². The molecular formula is C8H17NO3. The van der Waals surface area contributed by atoms with E-state index < -0.39 is 11.9 Å². The number of hydrogen-bond donors (Lipinski definition) is 2. The second-order valence-electron chi connectivity index (χ2n) is 3.48. The number of likely N-dealkylation sites (N-methyl/N-ethyl adjacent to an activating group) is 1. The van der Waals surface area contributed by atoms with Crippen LogP contribution < -0.4 is 5.32 Å². The molecule has 0 aliphatic carbocycles. The van der Waals surface area contributed by atoms with E-state index in [0.717, 1.165) is 0 Å². The average Bonchev–Trinajstić information content (AvgIpc) is 2.13. The van der Waals surface area contributed by atoms with E-state index in [2.05, 4.69) is 5.32 Å². The zero-order valence-electron chi connectivity index (χ0n) is 7.83. The molecule has 0 saturated carbocycles. The minimum Gasteiger partial charge on any atom is -0.389 e. The highest BCUT2D eigenvalue weighted by molar-refractivity contribution is 4.77. The third-order valence-electron chi connectivity index (χ3n) is 2.05. The van der Waals surface area contributed by atoms with E-state index in [4.69, 9.17) is 9.47 Å². The molecule has 1 rings (SSSR count). The van der Waals surface area contributed by atoms with Gasteiger partial charge in [0.05, 0.1) is 25.4 Å². The van der Waals surface area contributed by atoms with Crippen LogP contribution in [0.4, 0.5) is 0 Å². The highest BCUT2D eigenvalue weighted by Gasteiger charge is 2.30. The maximum absolute atomic E-state index is 9.51. The van der Waals surface area contributed by atoms with Gasteiger partial charge in [0.2, 0.25) is 0 Å². The van der Waals surface area contributed by atoms with Crippen LogP contribution in [0.1, 0.15) is 13.8 Å². The van der Waals surface area contributed by atoms with Crippen molar-refractivity contribution in [2.24, 2.45) is 0 Å². The minimum atomic E-state index is -0.577. The summed E-state index contributed by atoms with van der Waals surface area (Å²) in [5.74, 6) is -0.577. The largest absolute Gasteiger partial charge is 0.389 e. The summed E-state index contributed by atoms with van der Waals surface area (Å²) < 4.78 is 10.7. The van der Waals surface area contributed by atoms with Crippen LogP contribution in [0.2, 0.25) is 0 Å². The van der Waals surface area contributed by atoms with Crippen molar-refractivity contribution < 1.29 is 14.6 Å². The third kappa shape index (κ3) is 2.42. The molecule has 1 heterocycles. The maximum Gasteiger partial charge on any atom is 0.162 e. The molecule has 0 radical (unpaired) electrons. The second kappa shape index (κ2) is 3.70. The van der Waals surface area contributed by atoms with E-state index in [1.807, 2.05) is 13.8 Å². The molecule has 0 aromatic carbocycles. The van der Waals surface area contributed by atoms with Crippen molar-refractivity contribution in [3.63, 3.8) is 0 Å². The van der Waals surface area contributed by atoms with Gasteiger partial charge in [-0.1, -0.05) is 0 Å². The first-order chi connectivity index (χ1) is 5.55. The number of rotatable bonds is 1. The number of nitrogens with one attached hydrogen (secondary N) is 1. The molecule has 2 atom stereocenters. The molecule has 0 spiro atoms. The van der Waals surface area contributed by atoms with Crippen LogP contribution in [0.25, 0.3) is 0 Å². The van der Waals surface area contributed by atoms with E-state index in [1.54, 1.807) is 7.05 Å². The molecule has 0 bridgehead atoms. The van der Waals surface area contributed by atoms with Crippen molar-refractivity contribution in [1.82, 2.24) is 5.32 Å². The standard InChI is InChI=1S/C8H17NO3/c1-8(2)11-4-6(9-3)7(10)5-12-8/h6-7,9-10H,4-5H2,1-3H3.